The Labute approximate surface area is 137 Å². The zero-order valence-electron chi connectivity index (χ0n) is 12.8. The Morgan fingerprint density at radius 1 is 1.21 bits per heavy atom. The molecule has 0 saturated carbocycles. The van der Waals surface area contributed by atoms with Crippen LogP contribution in [0, 0.1) is 0 Å². The Morgan fingerprint density at radius 2 is 1.88 bits per heavy atom. The summed E-state index contributed by atoms with van der Waals surface area (Å²) in [4.78, 5) is 23.4. The monoisotopic (exact) mass is 341 g/mol. The number of hydrogen-bond acceptors (Lipinski definition) is 8. The van der Waals surface area contributed by atoms with Crippen molar-refractivity contribution in [2.45, 2.75) is 37.6 Å². The first-order valence-electron chi connectivity index (χ1n) is 7.24. The van der Waals surface area contributed by atoms with Crippen LogP contribution >= 0.6 is 0 Å². The lowest BCUT2D eigenvalue weighted by Crippen LogP contribution is -2.64. The Bertz CT molecular complexity index is 607. The van der Waals surface area contributed by atoms with E-state index >= 15 is 0 Å². The SMILES string of the molecule is CC(=O)Oc1ccccc1C(=O)N[C@@H]1[C@@H](O)[C@@H](O)[C@@H](CO)O[C@H]1O. The lowest BCUT2D eigenvalue weighted by molar-refractivity contribution is -0.252. The highest BCUT2D eigenvalue weighted by atomic mass is 16.6. The molecule has 1 aromatic carbocycles. The van der Waals surface area contributed by atoms with Crippen molar-refractivity contribution in [3.05, 3.63) is 29.8 Å². The molecule has 1 amide bonds. The number of amides is 1. The molecule has 1 fully saturated rings. The molecular weight excluding hydrogens is 322 g/mol. The molecule has 1 aliphatic rings. The van der Waals surface area contributed by atoms with E-state index in [1.165, 1.54) is 19.1 Å². The Balaban J connectivity index is 2.16. The zero-order valence-corrected chi connectivity index (χ0v) is 12.8. The average molecular weight is 341 g/mol. The standard InChI is InChI=1S/C15H19NO8/c1-7(18)23-9-5-3-2-4-8(9)14(21)16-11-13(20)12(19)10(6-17)24-15(11)22/h2-5,10-13,15,17,19-20,22H,6H2,1H3,(H,16,21)/t10-,11-,12+,13-,15-/m1/s1. The smallest absolute Gasteiger partial charge is 0.308 e. The summed E-state index contributed by atoms with van der Waals surface area (Å²) in [5.74, 6) is -1.34. The number of aliphatic hydroxyl groups is 4. The van der Waals surface area contributed by atoms with Gasteiger partial charge in [-0.15, -0.1) is 0 Å². The Hall–Kier alpha value is -2.04. The van der Waals surface area contributed by atoms with E-state index in [0.717, 1.165) is 0 Å². The lowest BCUT2D eigenvalue weighted by atomic mass is 9.96. The molecule has 9 heteroatoms. The summed E-state index contributed by atoms with van der Waals surface area (Å²) >= 11 is 0. The topological polar surface area (TPSA) is 146 Å². The van der Waals surface area contributed by atoms with E-state index in [9.17, 15) is 24.9 Å². The van der Waals surface area contributed by atoms with Crippen LogP contribution in [-0.4, -0.2) is 69.6 Å². The minimum absolute atomic E-state index is 0.00544. The number of hydrogen-bond donors (Lipinski definition) is 5. The lowest BCUT2D eigenvalue weighted by Gasteiger charge is -2.40. The molecule has 24 heavy (non-hydrogen) atoms. The average Bonchev–Trinajstić information content (AvgIpc) is 2.54. The van der Waals surface area contributed by atoms with Crippen LogP contribution in [0.3, 0.4) is 0 Å². The van der Waals surface area contributed by atoms with E-state index in [1.807, 2.05) is 0 Å². The molecule has 0 spiro atoms. The molecule has 1 heterocycles. The molecule has 2 rings (SSSR count). The number of carbonyl (C=O) groups is 2. The van der Waals surface area contributed by atoms with Gasteiger partial charge in [0.1, 0.15) is 30.1 Å². The van der Waals surface area contributed by atoms with Crippen LogP contribution in [0.4, 0.5) is 0 Å². The van der Waals surface area contributed by atoms with Crippen LogP contribution < -0.4 is 10.1 Å². The van der Waals surface area contributed by atoms with Crippen LogP contribution in [0.15, 0.2) is 24.3 Å². The first kappa shape index (κ1) is 18.3. The van der Waals surface area contributed by atoms with Crippen LogP contribution in [0.5, 0.6) is 5.75 Å². The largest absolute Gasteiger partial charge is 0.426 e. The van der Waals surface area contributed by atoms with E-state index in [4.69, 9.17) is 14.6 Å². The summed E-state index contributed by atoms with van der Waals surface area (Å²) < 4.78 is 9.88. The summed E-state index contributed by atoms with van der Waals surface area (Å²) in [5.41, 5.74) is 0.00544. The van der Waals surface area contributed by atoms with Crippen molar-refractivity contribution >= 4 is 11.9 Å². The fourth-order valence-electron chi connectivity index (χ4n) is 2.38. The Kier molecular flexibility index (Phi) is 5.86. The maximum atomic E-state index is 12.4. The third kappa shape index (κ3) is 3.89. The third-order valence-corrected chi connectivity index (χ3v) is 3.58. The molecule has 5 atom stereocenters. The normalized spacial score (nSPS) is 29.8. The molecule has 0 bridgehead atoms. The maximum absolute atomic E-state index is 12.4. The summed E-state index contributed by atoms with van der Waals surface area (Å²) in [6.45, 7) is 0.577. The number of nitrogens with one attached hydrogen (secondary N) is 1. The van der Waals surface area contributed by atoms with E-state index in [0.29, 0.717) is 0 Å². The van der Waals surface area contributed by atoms with Crippen molar-refractivity contribution in [3.8, 4) is 5.75 Å². The molecule has 9 nitrogen and oxygen atoms in total. The van der Waals surface area contributed by atoms with Gasteiger partial charge in [0.2, 0.25) is 0 Å². The Morgan fingerprint density at radius 3 is 2.50 bits per heavy atom. The van der Waals surface area contributed by atoms with Crippen molar-refractivity contribution in [3.63, 3.8) is 0 Å². The zero-order chi connectivity index (χ0) is 17.9. The molecule has 1 saturated heterocycles. The van der Waals surface area contributed by atoms with Gasteiger partial charge < -0.3 is 35.2 Å². The second kappa shape index (κ2) is 7.69. The van der Waals surface area contributed by atoms with Crippen molar-refractivity contribution in [1.29, 1.82) is 0 Å². The number of ether oxygens (including phenoxy) is 2. The first-order chi connectivity index (χ1) is 11.3. The van der Waals surface area contributed by atoms with Crippen LogP contribution in [0.2, 0.25) is 0 Å². The van der Waals surface area contributed by atoms with Crippen molar-refractivity contribution in [1.82, 2.24) is 5.32 Å². The van der Waals surface area contributed by atoms with Gasteiger partial charge in [0.05, 0.1) is 12.2 Å². The van der Waals surface area contributed by atoms with E-state index < -0.39 is 49.1 Å². The summed E-state index contributed by atoms with van der Waals surface area (Å²) in [5, 5.41) is 41.0. The van der Waals surface area contributed by atoms with Crippen LogP contribution in [0.25, 0.3) is 0 Å². The highest BCUT2D eigenvalue weighted by molar-refractivity contribution is 5.97. The van der Waals surface area contributed by atoms with Gasteiger partial charge in [0, 0.05) is 6.92 Å². The van der Waals surface area contributed by atoms with Crippen LogP contribution in [0.1, 0.15) is 17.3 Å². The highest BCUT2D eigenvalue weighted by Gasteiger charge is 2.44. The van der Waals surface area contributed by atoms with Gasteiger partial charge in [0.15, 0.2) is 6.29 Å². The van der Waals surface area contributed by atoms with Gasteiger partial charge in [-0.3, -0.25) is 9.59 Å². The predicted octanol–water partition coefficient (Wildman–Crippen LogP) is -1.86. The quantitative estimate of drug-likeness (QED) is 0.317. The predicted molar refractivity (Wildman–Crippen MR) is 79.0 cm³/mol. The molecule has 0 unspecified atom stereocenters. The molecular formula is C15H19NO8. The fraction of sp³-hybridized carbons (Fsp3) is 0.467. The van der Waals surface area contributed by atoms with Gasteiger partial charge >= 0.3 is 5.97 Å². The van der Waals surface area contributed by atoms with Crippen molar-refractivity contribution < 1.29 is 39.5 Å². The van der Waals surface area contributed by atoms with E-state index in [1.54, 1.807) is 12.1 Å². The molecule has 0 aliphatic carbocycles. The van der Waals surface area contributed by atoms with Crippen molar-refractivity contribution in [2.24, 2.45) is 0 Å². The highest BCUT2D eigenvalue weighted by Crippen LogP contribution is 2.22. The molecule has 1 aliphatic heterocycles. The van der Waals surface area contributed by atoms with Crippen LogP contribution in [-0.2, 0) is 9.53 Å². The maximum Gasteiger partial charge on any atom is 0.308 e. The van der Waals surface area contributed by atoms with Gasteiger partial charge in [0.25, 0.3) is 5.91 Å². The summed E-state index contributed by atoms with van der Waals surface area (Å²) in [7, 11) is 0. The second-order valence-electron chi connectivity index (χ2n) is 5.32. The molecule has 132 valence electrons. The first-order valence-corrected chi connectivity index (χ1v) is 7.24. The second-order valence-corrected chi connectivity index (χ2v) is 5.32. The number of esters is 1. The molecule has 5 N–H and O–H groups in total. The molecule has 0 radical (unpaired) electrons. The summed E-state index contributed by atoms with van der Waals surface area (Å²) in [6.07, 6.45) is -5.86. The van der Waals surface area contributed by atoms with Crippen molar-refractivity contribution in [2.75, 3.05) is 6.61 Å². The minimum Gasteiger partial charge on any atom is -0.426 e. The third-order valence-electron chi connectivity index (χ3n) is 3.58. The number of carbonyl (C=O) groups excluding carboxylic acids is 2. The number of aliphatic hydroxyl groups excluding tert-OH is 4. The molecule has 1 aromatic rings. The number of rotatable bonds is 4. The van der Waals surface area contributed by atoms with E-state index in [2.05, 4.69) is 5.32 Å². The summed E-state index contributed by atoms with van der Waals surface area (Å²) in [6, 6.07) is 4.58. The van der Waals surface area contributed by atoms with E-state index in [-0.39, 0.29) is 11.3 Å². The van der Waals surface area contributed by atoms with Gasteiger partial charge in [-0.1, -0.05) is 12.1 Å². The van der Waals surface area contributed by atoms with Gasteiger partial charge in [-0.05, 0) is 12.1 Å². The molecule has 0 aromatic heterocycles. The van der Waals surface area contributed by atoms with Gasteiger partial charge in [-0.2, -0.15) is 0 Å². The number of benzene rings is 1. The minimum atomic E-state index is -1.63. The van der Waals surface area contributed by atoms with Gasteiger partial charge in [-0.25, -0.2) is 0 Å². The fourth-order valence-corrected chi connectivity index (χ4v) is 2.38. The number of para-hydroxylation sites is 1.